The molecule has 0 bridgehead atoms. The van der Waals surface area contributed by atoms with E-state index in [-0.39, 0.29) is 51.6 Å². The average Bonchev–Trinajstić information content (AvgIpc) is 2.78. The molecule has 180 valence electrons. The summed E-state index contributed by atoms with van der Waals surface area (Å²) in [6.45, 7) is 3.27. The first kappa shape index (κ1) is 25.2. The molecule has 34 heavy (non-hydrogen) atoms. The average molecular weight is 494 g/mol. The Morgan fingerprint density at radius 1 is 1.18 bits per heavy atom. The number of carbonyl (C=O) groups is 2. The van der Waals surface area contributed by atoms with Crippen molar-refractivity contribution in [1.82, 2.24) is 4.98 Å². The first-order valence-corrected chi connectivity index (χ1v) is 10.7. The van der Waals surface area contributed by atoms with Gasteiger partial charge in [-0.05, 0) is 29.2 Å². The van der Waals surface area contributed by atoms with E-state index in [0.29, 0.717) is 0 Å². The summed E-state index contributed by atoms with van der Waals surface area (Å²) in [6.07, 6.45) is -0.222. The van der Waals surface area contributed by atoms with Crippen molar-refractivity contribution < 1.29 is 33.0 Å². The van der Waals surface area contributed by atoms with Crippen molar-refractivity contribution in [3.63, 3.8) is 0 Å². The van der Waals surface area contributed by atoms with Crippen molar-refractivity contribution in [3.8, 4) is 0 Å². The van der Waals surface area contributed by atoms with E-state index in [9.17, 15) is 23.9 Å². The lowest BCUT2D eigenvalue weighted by Crippen LogP contribution is -2.22. The van der Waals surface area contributed by atoms with E-state index < -0.39 is 40.7 Å². The van der Waals surface area contributed by atoms with Crippen LogP contribution in [0, 0.1) is 17.6 Å². The number of rotatable bonds is 7. The van der Waals surface area contributed by atoms with Crippen molar-refractivity contribution in [2.75, 3.05) is 13.7 Å². The molecule has 1 atom stereocenters. The fourth-order valence-electron chi connectivity index (χ4n) is 3.78. The Labute approximate surface area is 198 Å². The first-order valence-electron chi connectivity index (χ1n) is 10.3. The Kier molecular flexibility index (Phi) is 7.56. The van der Waals surface area contributed by atoms with Gasteiger partial charge in [-0.3, -0.25) is 4.79 Å². The van der Waals surface area contributed by atoms with Crippen LogP contribution in [0.25, 0.3) is 10.9 Å². The second-order valence-corrected chi connectivity index (χ2v) is 8.44. The molecule has 0 aliphatic carbocycles. The molecule has 0 aliphatic rings. The summed E-state index contributed by atoms with van der Waals surface area (Å²) in [5.41, 5.74) is -1.23. The molecule has 2 N–H and O–H groups in total. The number of benzene rings is 2. The number of carboxylic acid groups (broad SMARTS) is 1. The maximum absolute atomic E-state index is 16.0. The predicted octanol–water partition coefficient (Wildman–Crippen LogP) is 5.27. The number of ether oxygens (including phenoxy) is 2. The lowest BCUT2D eigenvalue weighted by molar-refractivity contribution is 0.0633. The molecule has 1 aromatic heterocycles. The molecule has 2 aromatic carbocycles. The molecule has 3 rings (SSSR count). The Hall–Kier alpha value is -3.46. The highest BCUT2D eigenvalue weighted by Gasteiger charge is 2.28. The van der Waals surface area contributed by atoms with E-state index in [4.69, 9.17) is 16.3 Å². The number of aromatic amines is 1. The summed E-state index contributed by atoms with van der Waals surface area (Å²) in [5, 5.41) is 9.13. The highest BCUT2D eigenvalue weighted by Crippen LogP contribution is 2.35. The van der Waals surface area contributed by atoms with Gasteiger partial charge in [0.2, 0.25) is 5.43 Å². The largest absolute Gasteiger partial charge is 0.507 e. The van der Waals surface area contributed by atoms with E-state index in [1.165, 1.54) is 24.3 Å². The molecular weight excluding hydrogens is 472 g/mol. The number of nitrogens with one attached hydrogen (secondary N) is 1. The van der Waals surface area contributed by atoms with E-state index in [0.717, 1.165) is 13.3 Å². The van der Waals surface area contributed by atoms with Crippen LogP contribution in [0.15, 0.2) is 35.3 Å². The number of hydrogen-bond acceptors (Lipinski definition) is 5. The van der Waals surface area contributed by atoms with Crippen molar-refractivity contribution >= 4 is 34.6 Å². The third-order valence-electron chi connectivity index (χ3n) is 5.59. The van der Waals surface area contributed by atoms with E-state index in [1.54, 1.807) is 13.8 Å². The molecule has 10 heteroatoms. The fourth-order valence-corrected chi connectivity index (χ4v) is 3.97. The molecule has 0 saturated carbocycles. The molecule has 0 fully saturated rings. The minimum atomic E-state index is -1.45. The number of aromatic nitrogens is 1. The molecule has 0 saturated heterocycles. The standard InChI is InChI=1S/C24H22ClF2NO6/c1-11(2)16(10-34-24(32)33-3)18-20(27)13(7-12-5-4-6-17(25)19(12)26)8-14-21(18)28-9-15(22(14)29)23(30)31/h4-6,8-9,11,16H,7,10H2,1-3H3,(H,28,29)(H,30,31). The summed E-state index contributed by atoms with van der Waals surface area (Å²) in [5.74, 6) is -3.93. The van der Waals surface area contributed by atoms with Crippen LogP contribution in [-0.2, 0) is 15.9 Å². The Balaban J connectivity index is 2.30. The molecule has 1 unspecified atom stereocenters. The maximum atomic E-state index is 16.0. The minimum Gasteiger partial charge on any atom is -0.477 e. The lowest BCUT2D eigenvalue weighted by atomic mass is 9.85. The number of pyridine rings is 1. The lowest BCUT2D eigenvalue weighted by Gasteiger charge is -2.24. The molecular formula is C24H22ClF2NO6. The third kappa shape index (κ3) is 4.89. The van der Waals surface area contributed by atoms with E-state index in [2.05, 4.69) is 9.72 Å². The van der Waals surface area contributed by atoms with Crippen LogP contribution < -0.4 is 5.43 Å². The molecule has 3 aromatic rings. The number of carbonyl (C=O) groups excluding carboxylic acids is 1. The molecule has 0 radical (unpaired) electrons. The molecule has 0 spiro atoms. The van der Waals surface area contributed by atoms with Crippen molar-refractivity contribution in [2.24, 2.45) is 5.92 Å². The topological polar surface area (TPSA) is 106 Å². The zero-order valence-corrected chi connectivity index (χ0v) is 19.3. The molecule has 0 aliphatic heterocycles. The number of H-pyrrole nitrogens is 1. The van der Waals surface area contributed by atoms with Crippen LogP contribution in [0.5, 0.6) is 0 Å². The highest BCUT2D eigenvalue weighted by molar-refractivity contribution is 6.30. The Morgan fingerprint density at radius 2 is 1.88 bits per heavy atom. The monoisotopic (exact) mass is 493 g/mol. The van der Waals surface area contributed by atoms with Gasteiger partial charge in [-0.1, -0.05) is 37.6 Å². The Bertz CT molecular complexity index is 1320. The van der Waals surface area contributed by atoms with Gasteiger partial charge in [0, 0.05) is 29.5 Å². The minimum absolute atomic E-state index is 0.0166. The number of hydrogen-bond donors (Lipinski definition) is 2. The summed E-state index contributed by atoms with van der Waals surface area (Å²) < 4.78 is 40.1. The third-order valence-corrected chi connectivity index (χ3v) is 5.88. The van der Waals surface area contributed by atoms with Gasteiger partial charge in [-0.15, -0.1) is 0 Å². The van der Waals surface area contributed by atoms with Gasteiger partial charge in [0.25, 0.3) is 0 Å². The van der Waals surface area contributed by atoms with Gasteiger partial charge in [-0.2, -0.15) is 0 Å². The first-order chi connectivity index (χ1) is 16.1. The summed E-state index contributed by atoms with van der Waals surface area (Å²) in [7, 11) is 1.13. The van der Waals surface area contributed by atoms with Crippen molar-refractivity contribution in [2.45, 2.75) is 26.2 Å². The zero-order valence-electron chi connectivity index (χ0n) is 18.6. The number of methoxy groups -OCH3 is 1. The maximum Gasteiger partial charge on any atom is 0.507 e. The molecule has 1 heterocycles. The second kappa shape index (κ2) is 10.2. The van der Waals surface area contributed by atoms with Crippen molar-refractivity contribution in [3.05, 3.63) is 79.6 Å². The highest BCUT2D eigenvalue weighted by atomic mass is 35.5. The summed E-state index contributed by atoms with van der Waals surface area (Å²) in [4.78, 5) is 38.7. The fraction of sp³-hybridized carbons (Fsp3) is 0.292. The number of aromatic carboxylic acids is 1. The SMILES string of the molecule is COC(=O)OCC(c1c(F)c(Cc2cccc(Cl)c2F)cc2c(=O)c(C(=O)O)c[nH]c12)C(C)C. The van der Waals surface area contributed by atoms with Gasteiger partial charge >= 0.3 is 12.1 Å². The van der Waals surface area contributed by atoms with Crippen molar-refractivity contribution in [1.29, 1.82) is 0 Å². The van der Waals surface area contributed by atoms with Crippen LogP contribution in [0.1, 0.15) is 46.8 Å². The predicted molar refractivity (Wildman–Crippen MR) is 122 cm³/mol. The number of carboxylic acids is 1. The van der Waals surface area contributed by atoms with E-state index in [1.807, 2.05) is 0 Å². The molecule has 7 nitrogen and oxygen atoms in total. The van der Waals surface area contributed by atoms with Crippen LogP contribution in [0.3, 0.4) is 0 Å². The van der Waals surface area contributed by atoms with Gasteiger partial charge in [0.05, 0.1) is 17.6 Å². The normalized spacial score (nSPS) is 12.1. The van der Waals surface area contributed by atoms with Crippen LogP contribution in [0.4, 0.5) is 13.6 Å². The molecule has 0 amide bonds. The van der Waals surface area contributed by atoms with Gasteiger partial charge in [0.15, 0.2) is 0 Å². The quantitative estimate of drug-likeness (QED) is 0.434. The number of halogens is 3. The van der Waals surface area contributed by atoms with Crippen LogP contribution >= 0.6 is 11.6 Å². The van der Waals surface area contributed by atoms with Gasteiger partial charge in [-0.25, -0.2) is 18.4 Å². The second-order valence-electron chi connectivity index (χ2n) is 8.03. The summed E-state index contributed by atoms with van der Waals surface area (Å²) in [6, 6.07) is 5.50. The number of fused-ring (bicyclic) bond motifs is 1. The van der Waals surface area contributed by atoms with Gasteiger partial charge < -0.3 is 19.6 Å². The van der Waals surface area contributed by atoms with E-state index >= 15 is 4.39 Å². The Morgan fingerprint density at radius 3 is 2.50 bits per heavy atom. The van der Waals surface area contributed by atoms with Crippen LogP contribution in [-0.4, -0.2) is 35.9 Å². The summed E-state index contributed by atoms with van der Waals surface area (Å²) >= 11 is 5.85. The van der Waals surface area contributed by atoms with Gasteiger partial charge in [0.1, 0.15) is 23.8 Å². The van der Waals surface area contributed by atoms with Crippen LogP contribution in [0.2, 0.25) is 5.02 Å². The smallest absolute Gasteiger partial charge is 0.477 e. The zero-order chi connectivity index (χ0) is 25.2.